The molecule has 0 saturated carbocycles. The van der Waals surface area contributed by atoms with Gasteiger partial charge in [0.15, 0.2) is 0 Å². The highest BCUT2D eigenvalue weighted by atomic mass is 16.2. The summed E-state index contributed by atoms with van der Waals surface area (Å²) in [4.78, 5) is 25.8. The molecule has 104 valence electrons. The van der Waals surface area contributed by atoms with E-state index in [4.69, 9.17) is 0 Å². The number of rotatable bonds is 5. The van der Waals surface area contributed by atoms with E-state index in [2.05, 4.69) is 10.6 Å². The minimum absolute atomic E-state index is 0.00212. The molecule has 0 aromatic rings. The van der Waals surface area contributed by atoms with Gasteiger partial charge in [-0.3, -0.25) is 9.59 Å². The highest BCUT2D eigenvalue weighted by Crippen LogP contribution is 2.11. The summed E-state index contributed by atoms with van der Waals surface area (Å²) in [6.07, 6.45) is 1.72. The number of likely N-dealkylation sites (N-methyl/N-ethyl adjacent to an activating group) is 1. The van der Waals surface area contributed by atoms with Crippen LogP contribution in [0.4, 0.5) is 0 Å². The summed E-state index contributed by atoms with van der Waals surface area (Å²) in [5.41, 5.74) is 0. The van der Waals surface area contributed by atoms with Crippen LogP contribution in [0.25, 0.3) is 0 Å². The Labute approximate surface area is 109 Å². The highest BCUT2D eigenvalue weighted by Gasteiger charge is 2.25. The lowest BCUT2D eigenvalue weighted by Crippen LogP contribution is -2.49. The van der Waals surface area contributed by atoms with Gasteiger partial charge in [0.2, 0.25) is 11.8 Å². The van der Waals surface area contributed by atoms with Gasteiger partial charge in [-0.05, 0) is 46.7 Å². The zero-order valence-corrected chi connectivity index (χ0v) is 11.7. The summed E-state index contributed by atoms with van der Waals surface area (Å²) in [6, 6.07) is -0.424. The van der Waals surface area contributed by atoms with E-state index in [9.17, 15) is 9.59 Å². The molecular formula is C13H25N3O2. The van der Waals surface area contributed by atoms with Crippen molar-refractivity contribution < 1.29 is 9.59 Å². The Bertz CT molecular complexity index is 284. The van der Waals surface area contributed by atoms with Gasteiger partial charge in [-0.25, -0.2) is 0 Å². The van der Waals surface area contributed by atoms with E-state index in [1.54, 1.807) is 11.8 Å². The topological polar surface area (TPSA) is 61.4 Å². The van der Waals surface area contributed by atoms with Crippen molar-refractivity contribution in [3.8, 4) is 0 Å². The van der Waals surface area contributed by atoms with Crippen LogP contribution in [0, 0.1) is 5.92 Å². The molecule has 1 heterocycles. The van der Waals surface area contributed by atoms with Gasteiger partial charge in [0.1, 0.15) is 6.04 Å². The molecule has 5 heteroatoms. The molecule has 1 aliphatic heterocycles. The Kier molecular flexibility index (Phi) is 6.12. The van der Waals surface area contributed by atoms with Gasteiger partial charge in [0, 0.05) is 19.0 Å². The van der Waals surface area contributed by atoms with Crippen molar-refractivity contribution in [3.05, 3.63) is 0 Å². The first kappa shape index (κ1) is 15.0. The number of nitrogens with one attached hydrogen (secondary N) is 2. The normalized spacial score (nSPS) is 18.2. The molecule has 1 rings (SSSR count). The molecule has 0 bridgehead atoms. The molecule has 1 atom stereocenters. The molecule has 2 N–H and O–H groups in total. The average Bonchev–Trinajstić information content (AvgIpc) is 2.40. The molecule has 1 fully saturated rings. The van der Waals surface area contributed by atoms with Crippen LogP contribution in [0.2, 0.25) is 0 Å². The fraction of sp³-hybridized carbons (Fsp3) is 0.846. The van der Waals surface area contributed by atoms with Gasteiger partial charge in [-0.1, -0.05) is 0 Å². The van der Waals surface area contributed by atoms with Gasteiger partial charge in [-0.2, -0.15) is 0 Å². The molecular weight excluding hydrogens is 230 g/mol. The molecule has 5 nitrogen and oxygen atoms in total. The third-order valence-corrected chi connectivity index (χ3v) is 3.51. The zero-order chi connectivity index (χ0) is 13.5. The number of amides is 2. The molecule has 0 aromatic carbocycles. The first-order valence-electron chi connectivity index (χ1n) is 6.90. The van der Waals surface area contributed by atoms with E-state index in [0.717, 1.165) is 25.9 Å². The van der Waals surface area contributed by atoms with Gasteiger partial charge < -0.3 is 15.5 Å². The lowest BCUT2D eigenvalue weighted by Gasteiger charge is -2.26. The maximum absolute atomic E-state index is 12.0. The summed E-state index contributed by atoms with van der Waals surface area (Å²) < 4.78 is 0. The average molecular weight is 255 g/mol. The summed E-state index contributed by atoms with van der Waals surface area (Å²) >= 11 is 0. The van der Waals surface area contributed by atoms with Crippen molar-refractivity contribution in [3.63, 3.8) is 0 Å². The largest absolute Gasteiger partial charge is 0.344 e. The smallest absolute Gasteiger partial charge is 0.244 e. The molecule has 0 spiro atoms. The molecule has 18 heavy (non-hydrogen) atoms. The third-order valence-electron chi connectivity index (χ3n) is 3.51. The number of hydrogen-bond acceptors (Lipinski definition) is 3. The van der Waals surface area contributed by atoms with Gasteiger partial charge >= 0.3 is 0 Å². The van der Waals surface area contributed by atoms with E-state index in [-0.39, 0.29) is 17.7 Å². The molecule has 2 amide bonds. The van der Waals surface area contributed by atoms with Crippen LogP contribution < -0.4 is 10.6 Å². The molecule has 1 saturated heterocycles. The van der Waals surface area contributed by atoms with Crippen LogP contribution in [-0.2, 0) is 9.59 Å². The number of carbonyl (C=O) groups is 2. The standard InChI is InChI=1S/C13H25N3O2/c1-4-16(5-2)13(18)10(3)15-12(17)11-6-8-14-9-7-11/h10-11,14H,4-9H2,1-3H3,(H,15,17). The van der Waals surface area contributed by atoms with E-state index in [1.807, 2.05) is 13.8 Å². The summed E-state index contributed by atoms with van der Waals surface area (Å²) in [6.45, 7) is 8.80. The first-order chi connectivity index (χ1) is 8.60. The lowest BCUT2D eigenvalue weighted by molar-refractivity contribution is -0.136. The third kappa shape index (κ3) is 3.98. The zero-order valence-electron chi connectivity index (χ0n) is 11.7. The molecule has 1 unspecified atom stereocenters. The summed E-state index contributed by atoms with van der Waals surface area (Å²) in [5.74, 6) is 0.0741. The Morgan fingerprint density at radius 1 is 1.28 bits per heavy atom. The van der Waals surface area contributed by atoms with Crippen LogP contribution in [-0.4, -0.2) is 48.9 Å². The van der Waals surface area contributed by atoms with Crippen molar-refractivity contribution in [1.29, 1.82) is 0 Å². The van der Waals surface area contributed by atoms with Gasteiger partial charge in [-0.15, -0.1) is 0 Å². The Morgan fingerprint density at radius 3 is 2.33 bits per heavy atom. The molecule has 0 radical (unpaired) electrons. The molecule has 0 aliphatic carbocycles. The SMILES string of the molecule is CCN(CC)C(=O)C(C)NC(=O)C1CCNCC1. The number of carbonyl (C=O) groups excluding carboxylic acids is 2. The number of hydrogen-bond donors (Lipinski definition) is 2. The van der Waals surface area contributed by atoms with Crippen molar-refractivity contribution in [2.45, 2.75) is 39.7 Å². The lowest BCUT2D eigenvalue weighted by atomic mass is 9.97. The summed E-state index contributed by atoms with van der Waals surface area (Å²) in [5, 5.41) is 6.07. The maximum atomic E-state index is 12.0. The second kappa shape index (κ2) is 7.36. The van der Waals surface area contributed by atoms with Gasteiger partial charge in [0.25, 0.3) is 0 Å². The van der Waals surface area contributed by atoms with Crippen LogP contribution >= 0.6 is 0 Å². The maximum Gasteiger partial charge on any atom is 0.244 e. The fourth-order valence-corrected chi connectivity index (χ4v) is 2.29. The van der Waals surface area contributed by atoms with Crippen molar-refractivity contribution in [1.82, 2.24) is 15.5 Å². The molecule has 1 aliphatic rings. The van der Waals surface area contributed by atoms with Crippen molar-refractivity contribution >= 4 is 11.8 Å². The first-order valence-corrected chi connectivity index (χ1v) is 6.90. The van der Waals surface area contributed by atoms with Crippen LogP contribution in [0.15, 0.2) is 0 Å². The number of piperidine rings is 1. The van der Waals surface area contributed by atoms with E-state index in [1.165, 1.54) is 0 Å². The van der Waals surface area contributed by atoms with E-state index in [0.29, 0.717) is 13.1 Å². The Morgan fingerprint density at radius 2 is 1.83 bits per heavy atom. The van der Waals surface area contributed by atoms with Crippen molar-refractivity contribution in [2.24, 2.45) is 5.92 Å². The fourth-order valence-electron chi connectivity index (χ4n) is 2.29. The van der Waals surface area contributed by atoms with Crippen LogP contribution in [0.5, 0.6) is 0 Å². The Hall–Kier alpha value is -1.10. The second-order valence-corrected chi connectivity index (χ2v) is 4.77. The van der Waals surface area contributed by atoms with Crippen LogP contribution in [0.1, 0.15) is 33.6 Å². The second-order valence-electron chi connectivity index (χ2n) is 4.77. The van der Waals surface area contributed by atoms with Crippen molar-refractivity contribution in [2.75, 3.05) is 26.2 Å². The van der Waals surface area contributed by atoms with E-state index < -0.39 is 6.04 Å². The highest BCUT2D eigenvalue weighted by molar-refractivity contribution is 5.88. The Balaban J connectivity index is 2.45. The molecule has 0 aromatic heterocycles. The predicted molar refractivity (Wildman–Crippen MR) is 71.1 cm³/mol. The quantitative estimate of drug-likeness (QED) is 0.745. The minimum atomic E-state index is -0.424. The minimum Gasteiger partial charge on any atom is -0.344 e. The predicted octanol–water partition coefficient (Wildman–Crippen LogP) is 0.359. The monoisotopic (exact) mass is 255 g/mol. The van der Waals surface area contributed by atoms with Crippen LogP contribution in [0.3, 0.4) is 0 Å². The number of nitrogens with zero attached hydrogens (tertiary/aromatic N) is 1. The van der Waals surface area contributed by atoms with E-state index >= 15 is 0 Å². The van der Waals surface area contributed by atoms with Gasteiger partial charge in [0.05, 0.1) is 0 Å². The summed E-state index contributed by atoms with van der Waals surface area (Å²) in [7, 11) is 0.